The summed E-state index contributed by atoms with van der Waals surface area (Å²) in [6.45, 7) is 3.61. The first-order valence-corrected chi connectivity index (χ1v) is 5.46. The number of hydrazine groups is 1. The SMILES string of the molecule is Cc1cc(C)cc(C(=O)NN2CC(=O)NC2=O)c1. The lowest BCUT2D eigenvalue weighted by Crippen LogP contribution is -2.44. The number of urea groups is 1. The van der Waals surface area contributed by atoms with Crippen molar-refractivity contribution >= 4 is 17.8 Å². The Bertz CT molecular complexity index is 519. The number of imide groups is 1. The third-order valence-electron chi connectivity index (χ3n) is 2.51. The molecule has 1 fully saturated rings. The van der Waals surface area contributed by atoms with E-state index in [1.54, 1.807) is 12.1 Å². The predicted octanol–water partition coefficient (Wildman–Crippen LogP) is 0.500. The zero-order valence-corrected chi connectivity index (χ0v) is 10.1. The second kappa shape index (κ2) is 4.48. The fraction of sp³-hybridized carbons (Fsp3) is 0.250. The second-order valence-electron chi connectivity index (χ2n) is 4.26. The van der Waals surface area contributed by atoms with Gasteiger partial charge in [0.15, 0.2) is 0 Å². The first-order chi connectivity index (χ1) is 8.45. The van der Waals surface area contributed by atoms with Crippen molar-refractivity contribution in [3.8, 4) is 0 Å². The molecule has 0 atom stereocenters. The molecule has 1 aliphatic rings. The van der Waals surface area contributed by atoms with Gasteiger partial charge in [-0.15, -0.1) is 0 Å². The molecule has 94 valence electrons. The van der Waals surface area contributed by atoms with Crippen molar-refractivity contribution in [1.29, 1.82) is 0 Å². The molecule has 18 heavy (non-hydrogen) atoms. The Balaban J connectivity index is 2.12. The topological polar surface area (TPSA) is 78.5 Å². The van der Waals surface area contributed by atoms with Gasteiger partial charge in [0, 0.05) is 5.56 Å². The molecule has 0 aliphatic carbocycles. The van der Waals surface area contributed by atoms with Crippen LogP contribution >= 0.6 is 0 Å². The minimum atomic E-state index is -0.613. The summed E-state index contributed by atoms with van der Waals surface area (Å²) in [4.78, 5) is 34.1. The first kappa shape index (κ1) is 12.1. The van der Waals surface area contributed by atoms with Gasteiger partial charge in [-0.25, -0.2) is 9.80 Å². The van der Waals surface area contributed by atoms with E-state index in [1.165, 1.54) is 0 Å². The number of amides is 4. The van der Waals surface area contributed by atoms with Crippen LogP contribution in [0.5, 0.6) is 0 Å². The summed E-state index contributed by atoms with van der Waals surface area (Å²) in [6, 6.07) is 4.77. The molecule has 6 heteroatoms. The average molecular weight is 247 g/mol. The zero-order chi connectivity index (χ0) is 13.3. The number of hydrogen-bond donors (Lipinski definition) is 2. The summed E-state index contributed by atoms with van der Waals surface area (Å²) in [7, 11) is 0. The summed E-state index contributed by atoms with van der Waals surface area (Å²) < 4.78 is 0. The number of hydrogen-bond acceptors (Lipinski definition) is 3. The van der Waals surface area contributed by atoms with Gasteiger partial charge in [-0.1, -0.05) is 17.2 Å². The van der Waals surface area contributed by atoms with Crippen LogP contribution in [0.3, 0.4) is 0 Å². The summed E-state index contributed by atoms with van der Waals surface area (Å²) in [5.41, 5.74) is 4.77. The Kier molecular flexibility index (Phi) is 3.01. The van der Waals surface area contributed by atoms with Crippen molar-refractivity contribution in [1.82, 2.24) is 15.8 Å². The monoisotopic (exact) mass is 247 g/mol. The maximum absolute atomic E-state index is 11.9. The van der Waals surface area contributed by atoms with Gasteiger partial charge in [0.05, 0.1) is 0 Å². The van der Waals surface area contributed by atoms with Crippen molar-refractivity contribution in [3.05, 3.63) is 34.9 Å². The molecule has 0 saturated carbocycles. The lowest BCUT2D eigenvalue weighted by Gasteiger charge is -2.14. The van der Waals surface area contributed by atoms with Crippen molar-refractivity contribution in [2.45, 2.75) is 13.8 Å². The second-order valence-corrected chi connectivity index (χ2v) is 4.26. The van der Waals surface area contributed by atoms with E-state index in [2.05, 4.69) is 10.7 Å². The molecule has 4 amide bonds. The fourth-order valence-electron chi connectivity index (χ4n) is 1.82. The summed E-state index contributed by atoms with van der Waals surface area (Å²) in [5.74, 6) is -0.840. The molecule has 6 nitrogen and oxygen atoms in total. The molecule has 1 heterocycles. The minimum absolute atomic E-state index is 0.157. The van der Waals surface area contributed by atoms with Crippen LogP contribution in [-0.2, 0) is 4.79 Å². The van der Waals surface area contributed by atoms with Crippen LogP contribution in [0, 0.1) is 13.8 Å². The smallest absolute Gasteiger partial charge is 0.275 e. The van der Waals surface area contributed by atoms with E-state index in [0.717, 1.165) is 16.1 Å². The van der Waals surface area contributed by atoms with E-state index in [9.17, 15) is 14.4 Å². The first-order valence-electron chi connectivity index (χ1n) is 5.46. The molecule has 2 N–H and O–H groups in total. The van der Waals surface area contributed by atoms with E-state index in [1.807, 2.05) is 19.9 Å². The predicted molar refractivity (Wildman–Crippen MR) is 63.6 cm³/mol. The van der Waals surface area contributed by atoms with Crippen LogP contribution < -0.4 is 10.7 Å². The van der Waals surface area contributed by atoms with Crippen LogP contribution in [0.2, 0.25) is 0 Å². The molecule has 0 unspecified atom stereocenters. The van der Waals surface area contributed by atoms with Gasteiger partial charge in [-0.2, -0.15) is 0 Å². The highest BCUT2D eigenvalue weighted by molar-refractivity contribution is 6.04. The Morgan fingerprint density at radius 2 is 1.83 bits per heavy atom. The molecule has 1 aliphatic heterocycles. The molecule has 0 aromatic heterocycles. The fourth-order valence-corrected chi connectivity index (χ4v) is 1.82. The molecule has 1 saturated heterocycles. The van der Waals surface area contributed by atoms with Crippen LogP contribution in [0.1, 0.15) is 21.5 Å². The minimum Gasteiger partial charge on any atom is -0.275 e. The van der Waals surface area contributed by atoms with Gasteiger partial charge >= 0.3 is 6.03 Å². The molecule has 1 aromatic rings. The summed E-state index contributed by atoms with van der Waals surface area (Å²) >= 11 is 0. The van der Waals surface area contributed by atoms with E-state index < -0.39 is 17.8 Å². The Morgan fingerprint density at radius 3 is 2.33 bits per heavy atom. The van der Waals surface area contributed by atoms with E-state index in [0.29, 0.717) is 5.56 Å². The number of carbonyl (C=O) groups excluding carboxylic acids is 3. The van der Waals surface area contributed by atoms with Crippen LogP contribution in [0.4, 0.5) is 4.79 Å². The summed E-state index contributed by atoms with van der Waals surface area (Å²) in [5, 5.41) is 3.04. The van der Waals surface area contributed by atoms with Crippen molar-refractivity contribution < 1.29 is 14.4 Å². The van der Waals surface area contributed by atoms with Crippen LogP contribution in [0.25, 0.3) is 0 Å². The molecular weight excluding hydrogens is 234 g/mol. The maximum atomic E-state index is 11.9. The van der Waals surface area contributed by atoms with Crippen molar-refractivity contribution in [2.24, 2.45) is 0 Å². The van der Waals surface area contributed by atoms with Gasteiger partial charge in [-0.3, -0.25) is 20.3 Å². The van der Waals surface area contributed by atoms with E-state index in [4.69, 9.17) is 0 Å². The molecule has 0 radical (unpaired) electrons. The number of aryl methyl sites for hydroxylation is 2. The molecule has 1 aromatic carbocycles. The lowest BCUT2D eigenvalue weighted by molar-refractivity contribution is -0.118. The molecule has 0 spiro atoms. The quantitative estimate of drug-likeness (QED) is 0.747. The van der Waals surface area contributed by atoms with E-state index in [-0.39, 0.29) is 6.54 Å². The third-order valence-corrected chi connectivity index (χ3v) is 2.51. The number of carbonyl (C=O) groups is 3. The standard InChI is InChI=1S/C12H13N3O3/c1-7-3-8(2)5-9(4-7)11(17)14-15-6-10(16)13-12(15)18/h3-5H,6H2,1-2H3,(H,14,17)(H,13,16,18). The lowest BCUT2D eigenvalue weighted by atomic mass is 10.1. The largest absolute Gasteiger partial charge is 0.343 e. The third kappa shape index (κ3) is 2.48. The zero-order valence-electron chi connectivity index (χ0n) is 10.1. The highest BCUT2D eigenvalue weighted by atomic mass is 16.2. The number of nitrogens with one attached hydrogen (secondary N) is 2. The van der Waals surface area contributed by atoms with E-state index >= 15 is 0 Å². The van der Waals surface area contributed by atoms with Gasteiger partial charge in [0.2, 0.25) is 5.91 Å². The highest BCUT2D eigenvalue weighted by Gasteiger charge is 2.28. The normalized spacial score (nSPS) is 14.7. The maximum Gasteiger partial charge on any atom is 0.343 e. The Labute approximate surface area is 104 Å². The van der Waals surface area contributed by atoms with Gasteiger partial charge in [-0.05, 0) is 26.0 Å². The van der Waals surface area contributed by atoms with Crippen LogP contribution in [-0.4, -0.2) is 29.4 Å². The van der Waals surface area contributed by atoms with Crippen molar-refractivity contribution in [2.75, 3.05) is 6.54 Å². The number of rotatable bonds is 2. The highest BCUT2D eigenvalue weighted by Crippen LogP contribution is 2.09. The van der Waals surface area contributed by atoms with Crippen LogP contribution in [0.15, 0.2) is 18.2 Å². The van der Waals surface area contributed by atoms with Gasteiger partial charge in [0.1, 0.15) is 6.54 Å². The van der Waals surface area contributed by atoms with Gasteiger partial charge in [0.25, 0.3) is 5.91 Å². The van der Waals surface area contributed by atoms with Gasteiger partial charge < -0.3 is 0 Å². The molecular formula is C12H13N3O3. The molecule has 2 rings (SSSR count). The average Bonchev–Trinajstić information content (AvgIpc) is 2.56. The Hall–Kier alpha value is -2.37. The number of nitrogens with zero attached hydrogens (tertiary/aromatic N) is 1. The number of benzene rings is 1. The Morgan fingerprint density at radius 1 is 1.22 bits per heavy atom. The molecule has 0 bridgehead atoms. The summed E-state index contributed by atoms with van der Waals surface area (Å²) in [6.07, 6.45) is 0. The van der Waals surface area contributed by atoms with Crippen molar-refractivity contribution in [3.63, 3.8) is 0 Å².